The molecule has 2 aromatic heterocycles. The number of nitrogens with zero attached hydrogens (tertiary/aromatic N) is 4. The van der Waals surface area contributed by atoms with Crippen LogP contribution in [-0.4, -0.2) is 47.0 Å². The molecule has 0 radical (unpaired) electrons. The largest absolute Gasteiger partial charge is 0.472 e. The summed E-state index contributed by atoms with van der Waals surface area (Å²) in [5.74, 6) is 1.83. The highest BCUT2D eigenvalue weighted by Crippen LogP contribution is 2.20. The first-order valence-corrected chi connectivity index (χ1v) is 8.08. The van der Waals surface area contributed by atoms with Crippen LogP contribution < -0.4 is 4.90 Å². The maximum atomic E-state index is 12.5. The topological polar surface area (TPSA) is 62.5 Å². The predicted molar refractivity (Wildman–Crippen MR) is 87.6 cm³/mol. The Kier molecular flexibility index (Phi) is 4.60. The van der Waals surface area contributed by atoms with E-state index in [9.17, 15) is 4.79 Å². The Morgan fingerprint density at radius 1 is 1.30 bits per heavy atom. The molecule has 6 heteroatoms. The average molecular weight is 314 g/mol. The summed E-state index contributed by atoms with van der Waals surface area (Å²) in [6, 6.07) is 1.72. The van der Waals surface area contributed by atoms with Gasteiger partial charge in [0.1, 0.15) is 17.9 Å². The second kappa shape index (κ2) is 6.81. The van der Waals surface area contributed by atoms with Crippen molar-refractivity contribution >= 4 is 11.7 Å². The molecular weight excluding hydrogens is 292 g/mol. The molecule has 0 aliphatic carbocycles. The average Bonchev–Trinajstić information content (AvgIpc) is 2.99. The Balaban J connectivity index is 1.74. The predicted octanol–water partition coefficient (Wildman–Crippen LogP) is 2.29. The summed E-state index contributed by atoms with van der Waals surface area (Å²) >= 11 is 0. The second-order valence-electron chi connectivity index (χ2n) is 5.76. The lowest BCUT2D eigenvalue weighted by atomic mass is 10.2. The van der Waals surface area contributed by atoms with E-state index in [4.69, 9.17) is 4.42 Å². The lowest BCUT2D eigenvalue weighted by Gasteiger charge is -2.24. The molecule has 0 atom stereocenters. The molecule has 3 heterocycles. The maximum absolute atomic E-state index is 12.5. The number of hydrogen-bond acceptors (Lipinski definition) is 5. The highest BCUT2D eigenvalue weighted by Gasteiger charge is 2.22. The summed E-state index contributed by atoms with van der Waals surface area (Å²) in [5, 5.41) is 0. The highest BCUT2D eigenvalue weighted by atomic mass is 16.3. The molecule has 0 unspecified atom stereocenters. The summed E-state index contributed by atoms with van der Waals surface area (Å²) in [5.41, 5.74) is 1.77. The minimum absolute atomic E-state index is 0.0372. The van der Waals surface area contributed by atoms with Crippen LogP contribution in [0.5, 0.6) is 0 Å². The molecule has 0 N–H and O–H groups in total. The van der Waals surface area contributed by atoms with Crippen LogP contribution in [0.1, 0.15) is 35.1 Å². The fraction of sp³-hybridized carbons (Fsp3) is 0.471. The van der Waals surface area contributed by atoms with Crippen LogP contribution in [0.2, 0.25) is 0 Å². The van der Waals surface area contributed by atoms with Gasteiger partial charge in [-0.05, 0) is 25.8 Å². The van der Waals surface area contributed by atoms with Gasteiger partial charge in [0.15, 0.2) is 0 Å². The Bertz CT molecular complexity index is 669. The first-order chi connectivity index (χ1) is 11.2. The molecule has 6 nitrogen and oxygen atoms in total. The standard InChI is InChI=1S/C17H22N4O2/c1-3-14-11-18-13(2)19-16(14)20-6-4-7-21(9-8-20)17(22)15-5-10-23-12-15/h5,10-12H,3-4,6-9H2,1-2H3. The molecule has 23 heavy (non-hydrogen) atoms. The molecule has 122 valence electrons. The van der Waals surface area contributed by atoms with Crippen molar-refractivity contribution in [1.82, 2.24) is 14.9 Å². The van der Waals surface area contributed by atoms with Crippen molar-refractivity contribution < 1.29 is 9.21 Å². The van der Waals surface area contributed by atoms with Crippen LogP contribution in [0.3, 0.4) is 0 Å². The van der Waals surface area contributed by atoms with Gasteiger partial charge in [-0.2, -0.15) is 0 Å². The summed E-state index contributed by atoms with van der Waals surface area (Å²) in [6.07, 6.45) is 6.79. The molecule has 1 aliphatic heterocycles. The van der Waals surface area contributed by atoms with Gasteiger partial charge in [0.2, 0.25) is 0 Å². The number of carbonyl (C=O) groups is 1. The van der Waals surface area contributed by atoms with Gasteiger partial charge in [-0.15, -0.1) is 0 Å². The van der Waals surface area contributed by atoms with E-state index in [1.54, 1.807) is 6.07 Å². The zero-order valence-corrected chi connectivity index (χ0v) is 13.7. The summed E-state index contributed by atoms with van der Waals surface area (Å²) < 4.78 is 5.02. The van der Waals surface area contributed by atoms with E-state index in [0.717, 1.165) is 49.7 Å². The van der Waals surface area contributed by atoms with Crippen molar-refractivity contribution in [1.29, 1.82) is 0 Å². The lowest BCUT2D eigenvalue weighted by Crippen LogP contribution is -2.35. The number of aryl methyl sites for hydroxylation is 2. The van der Waals surface area contributed by atoms with Gasteiger partial charge in [-0.1, -0.05) is 6.92 Å². The van der Waals surface area contributed by atoms with Crippen LogP contribution >= 0.6 is 0 Å². The second-order valence-corrected chi connectivity index (χ2v) is 5.76. The quantitative estimate of drug-likeness (QED) is 0.870. The highest BCUT2D eigenvalue weighted by molar-refractivity contribution is 5.93. The normalized spacial score (nSPS) is 15.6. The lowest BCUT2D eigenvalue weighted by molar-refractivity contribution is 0.0766. The van der Waals surface area contributed by atoms with E-state index in [2.05, 4.69) is 21.8 Å². The molecule has 0 spiro atoms. The Hall–Kier alpha value is -2.37. The monoisotopic (exact) mass is 314 g/mol. The number of furan rings is 1. The van der Waals surface area contributed by atoms with E-state index < -0.39 is 0 Å². The van der Waals surface area contributed by atoms with Crippen molar-refractivity contribution in [2.24, 2.45) is 0 Å². The molecule has 1 fully saturated rings. The zero-order valence-electron chi connectivity index (χ0n) is 13.7. The van der Waals surface area contributed by atoms with Crippen LogP contribution in [0, 0.1) is 6.92 Å². The van der Waals surface area contributed by atoms with Crippen molar-refractivity contribution in [2.75, 3.05) is 31.1 Å². The molecule has 0 aromatic carbocycles. The van der Waals surface area contributed by atoms with E-state index in [-0.39, 0.29) is 5.91 Å². The number of hydrogen-bond donors (Lipinski definition) is 0. The van der Waals surface area contributed by atoms with Crippen LogP contribution in [0.25, 0.3) is 0 Å². The van der Waals surface area contributed by atoms with Gasteiger partial charge in [0.05, 0.1) is 11.8 Å². The van der Waals surface area contributed by atoms with E-state index in [1.807, 2.05) is 18.0 Å². The third kappa shape index (κ3) is 3.36. The SMILES string of the molecule is CCc1cnc(C)nc1N1CCCN(C(=O)c2ccoc2)CC1. The Morgan fingerprint density at radius 3 is 2.91 bits per heavy atom. The molecular formula is C17H22N4O2. The van der Waals surface area contributed by atoms with Gasteiger partial charge in [0, 0.05) is 37.9 Å². The molecule has 1 aliphatic rings. The molecule has 1 saturated heterocycles. The first-order valence-electron chi connectivity index (χ1n) is 8.08. The fourth-order valence-electron chi connectivity index (χ4n) is 2.91. The zero-order chi connectivity index (χ0) is 16.2. The molecule has 3 rings (SSSR count). The van der Waals surface area contributed by atoms with Crippen molar-refractivity contribution in [3.8, 4) is 0 Å². The van der Waals surface area contributed by atoms with Gasteiger partial charge >= 0.3 is 0 Å². The van der Waals surface area contributed by atoms with Crippen LogP contribution in [-0.2, 0) is 6.42 Å². The molecule has 2 aromatic rings. The summed E-state index contributed by atoms with van der Waals surface area (Å²) in [6.45, 7) is 7.16. The maximum Gasteiger partial charge on any atom is 0.257 e. The number of amides is 1. The molecule has 0 bridgehead atoms. The molecule has 0 saturated carbocycles. The summed E-state index contributed by atoms with van der Waals surface area (Å²) in [4.78, 5) is 25.5. The molecule has 1 amide bonds. The number of aromatic nitrogens is 2. The minimum Gasteiger partial charge on any atom is -0.472 e. The van der Waals surface area contributed by atoms with Gasteiger partial charge in [-0.25, -0.2) is 9.97 Å². The van der Waals surface area contributed by atoms with Crippen molar-refractivity contribution in [3.63, 3.8) is 0 Å². The number of rotatable bonds is 3. The van der Waals surface area contributed by atoms with Gasteiger partial charge < -0.3 is 14.2 Å². The van der Waals surface area contributed by atoms with Crippen molar-refractivity contribution in [2.45, 2.75) is 26.7 Å². The first kappa shape index (κ1) is 15.5. The Labute approximate surface area is 136 Å². The smallest absolute Gasteiger partial charge is 0.257 e. The van der Waals surface area contributed by atoms with Crippen molar-refractivity contribution in [3.05, 3.63) is 41.7 Å². The van der Waals surface area contributed by atoms with Crippen LogP contribution in [0.15, 0.2) is 29.2 Å². The van der Waals surface area contributed by atoms with E-state index >= 15 is 0 Å². The third-order valence-corrected chi connectivity index (χ3v) is 4.19. The van der Waals surface area contributed by atoms with E-state index in [0.29, 0.717) is 12.1 Å². The van der Waals surface area contributed by atoms with Gasteiger partial charge in [0.25, 0.3) is 5.91 Å². The third-order valence-electron chi connectivity index (χ3n) is 4.19. The summed E-state index contributed by atoms with van der Waals surface area (Å²) in [7, 11) is 0. The van der Waals surface area contributed by atoms with Gasteiger partial charge in [-0.3, -0.25) is 4.79 Å². The number of anilines is 1. The number of carbonyl (C=O) groups excluding carboxylic acids is 1. The van der Waals surface area contributed by atoms with E-state index in [1.165, 1.54) is 12.5 Å². The Morgan fingerprint density at radius 2 is 2.17 bits per heavy atom. The fourth-order valence-corrected chi connectivity index (χ4v) is 2.91. The van der Waals surface area contributed by atoms with Crippen LogP contribution in [0.4, 0.5) is 5.82 Å². The minimum atomic E-state index is 0.0372.